The number of rotatable bonds is 5. The fourth-order valence-electron chi connectivity index (χ4n) is 2.30. The zero-order valence-electron chi connectivity index (χ0n) is 12.0. The van der Waals surface area contributed by atoms with E-state index in [1.165, 1.54) is 22.3 Å². The number of hydrogen-bond acceptors (Lipinski definition) is 2. The summed E-state index contributed by atoms with van der Waals surface area (Å²) in [6.45, 7) is 5.36. The third kappa shape index (κ3) is 3.90. The van der Waals surface area contributed by atoms with Crippen LogP contribution in [0.5, 0.6) is 0 Å². The molecule has 0 unspecified atom stereocenters. The van der Waals surface area contributed by atoms with Gasteiger partial charge in [-0.2, -0.15) is 0 Å². The standard InChI is InChI=1S/C17H22N2/c1-13(2)7-14-5-4-6-16(8-14)17-9-15(10-18-3)11-19-12-17/h4-6,8-9,11-13,18H,7,10H2,1-3H3. The van der Waals surface area contributed by atoms with Crippen molar-refractivity contribution in [2.24, 2.45) is 5.92 Å². The number of aromatic nitrogens is 1. The van der Waals surface area contributed by atoms with Gasteiger partial charge in [0.15, 0.2) is 0 Å². The second-order valence-electron chi connectivity index (χ2n) is 5.41. The molecule has 0 bridgehead atoms. The van der Waals surface area contributed by atoms with Crippen LogP contribution in [0.3, 0.4) is 0 Å². The molecule has 100 valence electrons. The Morgan fingerprint density at radius 3 is 2.58 bits per heavy atom. The van der Waals surface area contributed by atoms with Gasteiger partial charge in [-0.15, -0.1) is 0 Å². The van der Waals surface area contributed by atoms with E-state index in [0.717, 1.165) is 13.0 Å². The van der Waals surface area contributed by atoms with Gasteiger partial charge in [0.2, 0.25) is 0 Å². The lowest BCUT2D eigenvalue weighted by atomic mass is 9.98. The quantitative estimate of drug-likeness (QED) is 0.880. The average Bonchev–Trinajstić information content (AvgIpc) is 2.39. The summed E-state index contributed by atoms with van der Waals surface area (Å²) in [4.78, 5) is 4.33. The van der Waals surface area contributed by atoms with Gasteiger partial charge in [0, 0.05) is 24.5 Å². The highest BCUT2D eigenvalue weighted by atomic mass is 14.8. The maximum Gasteiger partial charge on any atom is 0.0346 e. The van der Waals surface area contributed by atoms with Crippen LogP contribution >= 0.6 is 0 Å². The highest BCUT2D eigenvalue weighted by molar-refractivity contribution is 5.63. The summed E-state index contributed by atoms with van der Waals surface area (Å²) in [5.74, 6) is 0.684. The molecule has 0 saturated heterocycles. The Kier molecular flexibility index (Phi) is 4.69. The van der Waals surface area contributed by atoms with Crippen LogP contribution in [0.25, 0.3) is 11.1 Å². The Morgan fingerprint density at radius 1 is 1.05 bits per heavy atom. The molecule has 0 saturated carbocycles. The van der Waals surface area contributed by atoms with Crippen molar-refractivity contribution in [1.29, 1.82) is 0 Å². The average molecular weight is 254 g/mol. The Labute approximate surface area is 115 Å². The predicted octanol–water partition coefficient (Wildman–Crippen LogP) is 3.67. The molecular weight excluding hydrogens is 232 g/mol. The first-order valence-corrected chi connectivity index (χ1v) is 6.87. The first kappa shape index (κ1) is 13.8. The predicted molar refractivity (Wildman–Crippen MR) is 81.0 cm³/mol. The number of benzene rings is 1. The SMILES string of the molecule is CNCc1cncc(-c2cccc(CC(C)C)c2)c1. The molecule has 1 aromatic heterocycles. The highest BCUT2D eigenvalue weighted by Crippen LogP contribution is 2.21. The third-order valence-corrected chi connectivity index (χ3v) is 3.08. The van der Waals surface area contributed by atoms with Crippen LogP contribution in [-0.2, 0) is 13.0 Å². The van der Waals surface area contributed by atoms with Crippen molar-refractivity contribution in [2.45, 2.75) is 26.8 Å². The maximum absolute atomic E-state index is 4.33. The summed E-state index contributed by atoms with van der Waals surface area (Å²) in [6.07, 6.45) is 4.98. The molecule has 2 heteroatoms. The Hall–Kier alpha value is -1.67. The van der Waals surface area contributed by atoms with Crippen molar-refractivity contribution in [1.82, 2.24) is 10.3 Å². The fourth-order valence-corrected chi connectivity index (χ4v) is 2.30. The van der Waals surface area contributed by atoms with E-state index in [2.05, 4.69) is 54.5 Å². The minimum absolute atomic E-state index is 0.684. The molecule has 2 rings (SSSR count). The molecule has 2 nitrogen and oxygen atoms in total. The van der Waals surface area contributed by atoms with Crippen molar-refractivity contribution in [2.75, 3.05) is 7.05 Å². The zero-order valence-corrected chi connectivity index (χ0v) is 12.0. The van der Waals surface area contributed by atoms with E-state index in [9.17, 15) is 0 Å². The van der Waals surface area contributed by atoms with Crippen LogP contribution in [0.4, 0.5) is 0 Å². The van der Waals surface area contributed by atoms with Gasteiger partial charge in [0.25, 0.3) is 0 Å². The van der Waals surface area contributed by atoms with E-state index in [1.54, 1.807) is 0 Å². The van der Waals surface area contributed by atoms with Gasteiger partial charge >= 0.3 is 0 Å². The molecule has 0 spiro atoms. The van der Waals surface area contributed by atoms with Gasteiger partial charge in [-0.1, -0.05) is 38.1 Å². The van der Waals surface area contributed by atoms with Gasteiger partial charge < -0.3 is 5.32 Å². The molecule has 2 aromatic rings. The number of nitrogens with zero attached hydrogens (tertiary/aromatic N) is 1. The van der Waals surface area contributed by atoms with Gasteiger partial charge in [0.1, 0.15) is 0 Å². The molecule has 1 aromatic carbocycles. The Bertz CT molecular complexity index is 532. The number of hydrogen-bond donors (Lipinski definition) is 1. The van der Waals surface area contributed by atoms with Crippen molar-refractivity contribution in [3.63, 3.8) is 0 Å². The minimum Gasteiger partial charge on any atom is -0.316 e. The van der Waals surface area contributed by atoms with E-state index in [0.29, 0.717) is 5.92 Å². The van der Waals surface area contributed by atoms with Crippen molar-refractivity contribution in [3.05, 3.63) is 53.9 Å². The van der Waals surface area contributed by atoms with Crippen LogP contribution in [0, 0.1) is 5.92 Å². The molecule has 0 radical (unpaired) electrons. The van der Waals surface area contributed by atoms with E-state index >= 15 is 0 Å². The lowest BCUT2D eigenvalue weighted by Crippen LogP contribution is -2.05. The number of pyridine rings is 1. The summed E-state index contributed by atoms with van der Waals surface area (Å²) in [7, 11) is 1.95. The molecule has 19 heavy (non-hydrogen) atoms. The molecule has 1 heterocycles. The van der Waals surface area contributed by atoms with Crippen LogP contribution in [0.1, 0.15) is 25.0 Å². The van der Waals surface area contributed by atoms with Crippen LogP contribution in [-0.4, -0.2) is 12.0 Å². The van der Waals surface area contributed by atoms with E-state index < -0.39 is 0 Å². The van der Waals surface area contributed by atoms with Gasteiger partial charge in [-0.3, -0.25) is 4.98 Å². The molecule has 1 N–H and O–H groups in total. The van der Waals surface area contributed by atoms with Crippen LogP contribution < -0.4 is 5.32 Å². The second-order valence-corrected chi connectivity index (χ2v) is 5.41. The van der Waals surface area contributed by atoms with Gasteiger partial charge in [-0.25, -0.2) is 0 Å². The van der Waals surface area contributed by atoms with Crippen molar-refractivity contribution >= 4 is 0 Å². The molecule has 0 fully saturated rings. The molecule has 0 aliphatic heterocycles. The van der Waals surface area contributed by atoms with E-state index in [4.69, 9.17) is 0 Å². The third-order valence-electron chi connectivity index (χ3n) is 3.08. The summed E-state index contributed by atoms with van der Waals surface area (Å²) in [6, 6.07) is 11.0. The van der Waals surface area contributed by atoms with Crippen LogP contribution in [0.2, 0.25) is 0 Å². The van der Waals surface area contributed by atoms with Gasteiger partial charge in [0.05, 0.1) is 0 Å². The largest absolute Gasteiger partial charge is 0.316 e. The Morgan fingerprint density at radius 2 is 1.84 bits per heavy atom. The first-order valence-electron chi connectivity index (χ1n) is 6.87. The minimum atomic E-state index is 0.684. The molecule has 0 aliphatic rings. The summed E-state index contributed by atoms with van der Waals surface area (Å²) in [5.41, 5.74) is 5.06. The smallest absolute Gasteiger partial charge is 0.0346 e. The number of nitrogens with one attached hydrogen (secondary N) is 1. The molecule has 0 aliphatic carbocycles. The molecule has 0 atom stereocenters. The van der Waals surface area contributed by atoms with Gasteiger partial charge in [-0.05, 0) is 42.1 Å². The van der Waals surface area contributed by atoms with Crippen molar-refractivity contribution in [3.8, 4) is 11.1 Å². The lowest BCUT2D eigenvalue weighted by Gasteiger charge is -2.08. The van der Waals surface area contributed by atoms with Crippen LogP contribution in [0.15, 0.2) is 42.7 Å². The maximum atomic E-state index is 4.33. The summed E-state index contributed by atoms with van der Waals surface area (Å²) >= 11 is 0. The topological polar surface area (TPSA) is 24.9 Å². The highest BCUT2D eigenvalue weighted by Gasteiger charge is 2.03. The first-order chi connectivity index (χ1) is 9.19. The normalized spacial score (nSPS) is 10.9. The molecule has 0 amide bonds. The Balaban J connectivity index is 2.28. The fraction of sp³-hybridized carbons (Fsp3) is 0.353. The monoisotopic (exact) mass is 254 g/mol. The second kappa shape index (κ2) is 6.48. The molecular formula is C17H22N2. The van der Waals surface area contributed by atoms with Crippen molar-refractivity contribution < 1.29 is 0 Å². The zero-order chi connectivity index (χ0) is 13.7. The van der Waals surface area contributed by atoms with E-state index in [-0.39, 0.29) is 0 Å². The summed E-state index contributed by atoms with van der Waals surface area (Å²) < 4.78 is 0. The lowest BCUT2D eigenvalue weighted by molar-refractivity contribution is 0.647. The summed E-state index contributed by atoms with van der Waals surface area (Å²) in [5, 5.41) is 3.16. The van der Waals surface area contributed by atoms with E-state index in [1.807, 2.05) is 19.4 Å².